The zero-order valence-electron chi connectivity index (χ0n) is 17.9. The Morgan fingerprint density at radius 3 is 2.68 bits per heavy atom. The Hall–Kier alpha value is -3.94. The molecule has 0 saturated heterocycles. The predicted octanol–water partition coefficient (Wildman–Crippen LogP) is 3.52. The molecule has 0 amide bonds. The van der Waals surface area contributed by atoms with E-state index in [1.165, 1.54) is 19.6 Å². The van der Waals surface area contributed by atoms with Gasteiger partial charge in [0.15, 0.2) is 0 Å². The number of anilines is 4. The maximum absolute atomic E-state index is 13.6. The van der Waals surface area contributed by atoms with Gasteiger partial charge >= 0.3 is 6.18 Å². The van der Waals surface area contributed by atoms with E-state index in [4.69, 9.17) is 0 Å². The molecule has 0 atom stereocenters. The number of alkyl halides is 3. The van der Waals surface area contributed by atoms with Crippen molar-refractivity contribution in [1.82, 2.24) is 24.9 Å². The van der Waals surface area contributed by atoms with Crippen LogP contribution in [0.25, 0.3) is 11.0 Å². The molecule has 1 aromatic carbocycles. The molecule has 0 fully saturated rings. The molecule has 0 unspecified atom stereocenters. The number of nitrogens with one attached hydrogen (secondary N) is 3. The van der Waals surface area contributed by atoms with E-state index in [2.05, 4.69) is 35.6 Å². The first-order valence-corrected chi connectivity index (χ1v) is 11.6. The van der Waals surface area contributed by atoms with E-state index in [0.717, 1.165) is 16.1 Å². The molecule has 0 aliphatic carbocycles. The van der Waals surface area contributed by atoms with Gasteiger partial charge in [0.25, 0.3) is 0 Å². The number of pyridine rings is 1. The highest BCUT2D eigenvalue weighted by Crippen LogP contribution is 2.34. The Kier molecular flexibility index (Phi) is 6.00. The summed E-state index contributed by atoms with van der Waals surface area (Å²) in [6, 6.07) is 8.28. The van der Waals surface area contributed by atoms with E-state index < -0.39 is 27.6 Å². The number of aromatic amines is 1. The summed E-state index contributed by atoms with van der Waals surface area (Å²) in [6.45, 7) is -0.165. The minimum atomic E-state index is -4.71. The third-order valence-corrected chi connectivity index (χ3v) is 6.05. The minimum Gasteiger partial charge on any atom is -0.365 e. The number of aromatic nitrogens is 5. The van der Waals surface area contributed by atoms with Gasteiger partial charge in [0.1, 0.15) is 17.2 Å². The SMILES string of the molecule is CN(c1ncccc1CNc1nc(Nc2ccc3[nH]cnc3c2)ncc1C(F)(F)F)S(C)(=O)=O. The zero-order chi connectivity index (χ0) is 24.5. The van der Waals surface area contributed by atoms with E-state index in [1.807, 2.05) is 0 Å². The van der Waals surface area contributed by atoms with Crippen LogP contribution in [0, 0.1) is 0 Å². The summed E-state index contributed by atoms with van der Waals surface area (Å²) in [5.74, 6) is -0.446. The van der Waals surface area contributed by atoms with Crippen LogP contribution >= 0.6 is 0 Å². The first-order chi connectivity index (χ1) is 16.0. The molecule has 3 aromatic heterocycles. The van der Waals surface area contributed by atoms with Crippen LogP contribution in [0.4, 0.5) is 36.4 Å². The van der Waals surface area contributed by atoms with Crippen LogP contribution < -0.4 is 14.9 Å². The number of sulfonamides is 1. The number of H-pyrrole nitrogens is 1. The van der Waals surface area contributed by atoms with E-state index in [1.54, 1.807) is 30.3 Å². The van der Waals surface area contributed by atoms with Crippen molar-refractivity contribution in [3.63, 3.8) is 0 Å². The predicted molar refractivity (Wildman–Crippen MR) is 121 cm³/mol. The van der Waals surface area contributed by atoms with Gasteiger partial charge in [-0.05, 0) is 24.3 Å². The van der Waals surface area contributed by atoms with Gasteiger partial charge in [-0.25, -0.2) is 23.4 Å². The largest absolute Gasteiger partial charge is 0.421 e. The molecule has 0 saturated carbocycles. The lowest BCUT2D eigenvalue weighted by Gasteiger charge is -2.20. The molecular weight excluding hydrogens is 473 g/mol. The van der Waals surface area contributed by atoms with E-state index >= 15 is 0 Å². The fraction of sp³-hybridized carbons (Fsp3) is 0.200. The molecule has 34 heavy (non-hydrogen) atoms. The van der Waals surface area contributed by atoms with Gasteiger partial charge in [-0.3, -0.25) is 4.31 Å². The Morgan fingerprint density at radius 1 is 1.15 bits per heavy atom. The topological polar surface area (TPSA) is 129 Å². The molecule has 0 aliphatic rings. The second kappa shape index (κ2) is 8.78. The monoisotopic (exact) mass is 492 g/mol. The van der Waals surface area contributed by atoms with Crippen LogP contribution in [0.2, 0.25) is 0 Å². The Labute approximate surface area is 192 Å². The molecule has 4 rings (SSSR count). The number of rotatable bonds is 7. The Morgan fingerprint density at radius 2 is 1.94 bits per heavy atom. The smallest absolute Gasteiger partial charge is 0.365 e. The third-order valence-electron chi connectivity index (χ3n) is 4.88. The molecule has 3 heterocycles. The molecule has 0 aliphatic heterocycles. The lowest BCUT2D eigenvalue weighted by molar-refractivity contribution is -0.137. The van der Waals surface area contributed by atoms with Crippen molar-refractivity contribution in [3.8, 4) is 0 Å². The highest BCUT2D eigenvalue weighted by Gasteiger charge is 2.35. The molecule has 14 heteroatoms. The molecule has 178 valence electrons. The van der Waals surface area contributed by atoms with Crippen LogP contribution in [0.5, 0.6) is 0 Å². The molecular formula is C20H19F3N8O2S. The average molecular weight is 492 g/mol. The molecule has 10 nitrogen and oxygen atoms in total. The highest BCUT2D eigenvalue weighted by molar-refractivity contribution is 7.92. The molecule has 3 N–H and O–H groups in total. The van der Waals surface area contributed by atoms with Crippen LogP contribution in [-0.4, -0.2) is 46.6 Å². The van der Waals surface area contributed by atoms with Crippen molar-refractivity contribution in [2.45, 2.75) is 12.7 Å². The van der Waals surface area contributed by atoms with Crippen LogP contribution in [-0.2, 0) is 22.7 Å². The lowest BCUT2D eigenvalue weighted by atomic mass is 10.2. The summed E-state index contributed by atoms with van der Waals surface area (Å²) in [6.07, 6.45) is -0.111. The van der Waals surface area contributed by atoms with Gasteiger partial charge in [0.05, 0.1) is 23.6 Å². The van der Waals surface area contributed by atoms with Crippen LogP contribution in [0.3, 0.4) is 0 Å². The number of hydrogen-bond acceptors (Lipinski definition) is 8. The maximum Gasteiger partial charge on any atom is 0.421 e. The van der Waals surface area contributed by atoms with E-state index in [-0.39, 0.29) is 18.3 Å². The molecule has 4 aromatic rings. The number of nitrogens with zero attached hydrogens (tertiary/aromatic N) is 5. The minimum absolute atomic E-state index is 0.0648. The summed E-state index contributed by atoms with van der Waals surface area (Å²) < 4.78 is 65.5. The quantitative estimate of drug-likeness (QED) is 0.358. The van der Waals surface area contributed by atoms with Crippen molar-refractivity contribution < 1.29 is 21.6 Å². The van der Waals surface area contributed by atoms with Crippen molar-refractivity contribution in [2.24, 2.45) is 0 Å². The maximum atomic E-state index is 13.6. The second-order valence-electron chi connectivity index (χ2n) is 7.28. The van der Waals surface area contributed by atoms with Gasteiger partial charge in [0.2, 0.25) is 16.0 Å². The van der Waals surface area contributed by atoms with Gasteiger partial charge in [0, 0.05) is 37.2 Å². The zero-order valence-corrected chi connectivity index (χ0v) is 18.7. The number of halogens is 3. The number of fused-ring (bicyclic) bond motifs is 1. The molecule has 0 bridgehead atoms. The van der Waals surface area contributed by atoms with E-state index in [0.29, 0.717) is 23.0 Å². The Bertz CT molecular complexity index is 1440. The first-order valence-electron chi connectivity index (χ1n) is 9.78. The first kappa shape index (κ1) is 23.2. The van der Waals surface area contributed by atoms with Crippen molar-refractivity contribution in [3.05, 3.63) is 60.2 Å². The number of imidazole rings is 1. The second-order valence-corrected chi connectivity index (χ2v) is 9.30. The number of hydrogen-bond donors (Lipinski definition) is 3. The average Bonchev–Trinajstić information content (AvgIpc) is 3.24. The van der Waals surface area contributed by atoms with Crippen molar-refractivity contribution >= 4 is 44.3 Å². The fourth-order valence-electron chi connectivity index (χ4n) is 3.11. The number of benzene rings is 1. The fourth-order valence-corrected chi connectivity index (χ4v) is 3.59. The standard InChI is InChI=1S/C20H19F3N8O2S/c1-31(34(2,32)33)18-12(4-3-7-24-18)9-25-17-14(20(21,22)23)10-26-19(30-17)29-13-5-6-15-16(8-13)28-11-27-15/h3-8,10-11H,9H2,1-2H3,(H,27,28)(H2,25,26,29,30). The van der Waals surface area contributed by atoms with Gasteiger partial charge in [-0.1, -0.05) is 6.07 Å². The van der Waals surface area contributed by atoms with Crippen LogP contribution in [0.1, 0.15) is 11.1 Å². The summed E-state index contributed by atoms with van der Waals surface area (Å²) in [5.41, 5.74) is 1.29. The van der Waals surface area contributed by atoms with Crippen molar-refractivity contribution in [2.75, 3.05) is 28.2 Å². The van der Waals surface area contributed by atoms with Crippen molar-refractivity contribution in [1.29, 1.82) is 0 Å². The summed E-state index contributed by atoms with van der Waals surface area (Å²) in [5, 5.41) is 5.51. The van der Waals surface area contributed by atoms with Gasteiger partial charge in [-0.2, -0.15) is 18.2 Å². The highest BCUT2D eigenvalue weighted by atomic mass is 32.2. The summed E-state index contributed by atoms with van der Waals surface area (Å²) >= 11 is 0. The Balaban J connectivity index is 1.63. The normalized spacial score (nSPS) is 12.0. The summed E-state index contributed by atoms with van der Waals surface area (Å²) in [4.78, 5) is 18.9. The van der Waals surface area contributed by atoms with Crippen LogP contribution in [0.15, 0.2) is 49.1 Å². The van der Waals surface area contributed by atoms with E-state index in [9.17, 15) is 21.6 Å². The molecule has 0 radical (unpaired) electrons. The van der Waals surface area contributed by atoms with Gasteiger partial charge < -0.3 is 15.6 Å². The summed E-state index contributed by atoms with van der Waals surface area (Å²) in [7, 11) is -2.31. The van der Waals surface area contributed by atoms with Gasteiger partial charge in [-0.15, -0.1) is 0 Å². The molecule has 0 spiro atoms. The third kappa shape index (κ3) is 5.01. The lowest BCUT2D eigenvalue weighted by Crippen LogP contribution is -2.27.